The van der Waals surface area contributed by atoms with E-state index < -0.39 is 12.0 Å². The summed E-state index contributed by atoms with van der Waals surface area (Å²) < 4.78 is 25.2. The second-order valence-corrected chi connectivity index (χ2v) is 3.47. The van der Waals surface area contributed by atoms with E-state index in [0.29, 0.717) is 0 Å². The third-order valence-electron chi connectivity index (χ3n) is 1.55. The summed E-state index contributed by atoms with van der Waals surface area (Å²) in [5.41, 5.74) is -1.02. The normalized spacial score (nSPS) is 9.93. The summed E-state index contributed by atoms with van der Waals surface area (Å²) in [6.45, 7) is 0. The van der Waals surface area contributed by atoms with Gasteiger partial charge in [0.1, 0.15) is 6.07 Å². The maximum absolute atomic E-state index is 12.5. The van der Waals surface area contributed by atoms with Crippen molar-refractivity contribution in [3.05, 3.63) is 26.6 Å². The minimum Gasteiger partial charge on any atom is -0.298 e. The minimum absolute atomic E-state index is 0.179. The van der Waals surface area contributed by atoms with E-state index in [4.69, 9.17) is 5.26 Å². The molecule has 0 aliphatic carbocycles. The highest BCUT2D eigenvalue weighted by Gasteiger charge is 2.20. The number of hydrogen-bond acceptors (Lipinski definition) is 3. The van der Waals surface area contributed by atoms with E-state index in [9.17, 15) is 13.6 Å². The summed E-state index contributed by atoms with van der Waals surface area (Å²) in [5, 5.41) is 8.53. The number of aromatic nitrogens is 1. The van der Waals surface area contributed by atoms with Crippen molar-refractivity contribution in [1.29, 1.82) is 5.26 Å². The van der Waals surface area contributed by atoms with Gasteiger partial charge in [0.15, 0.2) is 12.0 Å². The molecule has 14 heavy (non-hydrogen) atoms. The van der Waals surface area contributed by atoms with Gasteiger partial charge >= 0.3 is 0 Å². The van der Waals surface area contributed by atoms with Crippen LogP contribution in [-0.2, 0) is 0 Å². The van der Waals surface area contributed by atoms with Crippen LogP contribution >= 0.6 is 22.6 Å². The largest absolute Gasteiger partial charge is 0.298 e. The monoisotopic (exact) mass is 308 g/mol. The summed E-state index contributed by atoms with van der Waals surface area (Å²) in [5.74, 6) is 0. The molecule has 0 unspecified atom stereocenters. The Morgan fingerprint density at radius 1 is 1.64 bits per heavy atom. The second kappa shape index (κ2) is 4.41. The van der Waals surface area contributed by atoms with Crippen LogP contribution < -0.4 is 0 Å². The predicted octanol–water partition coefficient (Wildman–Crippen LogP) is 2.31. The fourth-order valence-electron chi connectivity index (χ4n) is 0.947. The number of aldehydes is 1. The van der Waals surface area contributed by atoms with E-state index >= 15 is 0 Å². The smallest absolute Gasteiger partial charge is 0.265 e. The van der Waals surface area contributed by atoms with Gasteiger partial charge in [-0.15, -0.1) is 0 Å². The summed E-state index contributed by atoms with van der Waals surface area (Å²) in [6.07, 6.45) is -1.40. The molecule has 6 heteroatoms. The zero-order valence-corrected chi connectivity index (χ0v) is 8.83. The van der Waals surface area contributed by atoms with E-state index in [1.165, 1.54) is 0 Å². The van der Waals surface area contributed by atoms with Gasteiger partial charge in [0.25, 0.3) is 6.43 Å². The predicted molar refractivity (Wildman–Crippen MR) is 52.0 cm³/mol. The van der Waals surface area contributed by atoms with Crippen LogP contribution in [0.25, 0.3) is 0 Å². The van der Waals surface area contributed by atoms with Gasteiger partial charge in [-0.25, -0.2) is 13.8 Å². The van der Waals surface area contributed by atoms with Gasteiger partial charge < -0.3 is 0 Å². The molecule has 0 aliphatic heterocycles. The standard InChI is InChI=1S/C8H3F2IN2O/c9-8(10)7-4(3-14)6(1-12)13-2-5(7)11/h2-3,8H. The molecule has 0 amide bonds. The van der Waals surface area contributed by atoms with E-state index in [0.717, 1.165) is 6.20 Å². The Morgan fingerprint density at radius 2 is 2.29 bits per heavy atom. The van der Waals surface area contributed by atoms with E-state index in [1.54, 1.807) is 28.7 Å². The number of pyridine rings is 1. The van der Waals surface area contributed by atoms with E-state index in [2.05, 4.69) is 4.98 Å². The lowest BCUT2D eigenvalue weighted by Gasteiger charge is -2.06. The lowest BCUT2D eigenvalue weighted by Crippen LogP contribution is -2.02. The first kappa shape index (κ1) is 11.0. The molecule has 0 N–H and O–H groups in total. The molecule has 1 heterocycles. The molecule has 0 atom stereocenters. The molecule has 0 aliphatic rings. The van der Waals surface area contributed by atoms with Crippen molar-refractivity contribution in [2.45, 2.75) is 6.43 Å². The van der Waals surface area contributed by atoms with Crippen molar-refractivity contribution < 1.29 is 13.6 Å². The van der Waals surface area contributed by atoms with Crippen molar-refractivity contribution in [3.8, 4) is 6.07 Å². The number of rotatable bonds is 2. The summed E-state index contributed by atoms with van der Waals surface area (Å²) in [6, 6.07) is 1.59. The number of halogens is 3. The van der Waals surface area contributed by atoms with Crippen molar-refractivity contribution in [2.75, 3.05) is 0 Å². The zero-order chi connectivity index (χ0) is 10.7. The molecular weight excluding hydrogens is 305 g/mol. The van der Waals surface area contributed by atoms with E-state index in [1.807, 2.05) is 0 Å². The highest BCUT2D eigenvalue weighted by molar-refractivity contribution is 14.1. The topological polar surface area (TPSA) is 53.8 Å². The minimum atomic E-state index is -2.78. The maximum Gasteiger partial charge on any atom is 0.265 e. The molecule has 0 saturated carbocycles. The molecule has 1 rings (SSSR count). The first-order valence-electron chi connectivity index (χ1n) is 3.43. The van der Waals surface area contributed by atoms with Gasteiger partial charge in [0, 0.05) is 15.3 Å². The molecule has 0 bridgehead atoms. The fraction of sp³-hybridized carbons (Fsp3) is 0.125. The first-order chi connectivity index (χ1) is 6.61. The van der Waals surface area contributed by atoms with Gasteiger partial charge in [-0.2, -0.15) is 5.26 Å². The Bertz CT molecular complexity index is 415. The highest BCUT2D eigenvalue weighted by Crippen LogP contribution is 2.27. The van der Waals surface area contributed by atoms with Crippen LogP contribution in [0.2, 0.25) is 0 Å². The third-order valence-corrected chi connectivity index (χ3v) is 2.41. The Morgan fingerprint density at radius 3 is 2.71 bits per heavy atom. The molecule has 0 spiro atoms. The Hall–Kier alpha value is -1.10. The third kappa shape index (κ3) is 1.87. The van der Waals surface area contributed by atoms with Gasteiger partial charge in [-0.05, 0) is 22.6 Å². The van der Waals surface area contributed by atoms with Crippen molar-refractivity contribution in [3.63, 3.8) is 0 Å². The van der Waals surface area contributed by atoms with Crippen LogP contribution in [0.15, 0.2) is 6.20 Å². The number of nitriles is 1. The molecule has 0 aromatic carbocycles. The SMILES string of the molecule is N#Cc1ncc(I)c(C(F)F)c1C=O. The van der Waals surface area contributed by atoms with Crippen LogP contribution in [0.4, 0.5) is 8.78 Å². The number of alkyl halides is 2. The van der Waals surface area contributed by atoms with Gasteiger partial charge in [-0.3, -0.25) is 4.79 Å². The molecule has 0 radical (unpaired) electrons. The van der Waals surface area contributed by atoms with Crippen LogP contribution in [0, 0.1) is 14.9 Å². The van der Waals surface area contributed by atoms with Crippen molar-refractivity contribution >= 4 is 28.9 Å². The summed E-state index contributed by atoms with van der Waals surface area (Å²) in [4.78, 5) is 14.1. The van der Waals surface area contributed by atoms with Crippen molar-refractivity contribution in [2.24, 2.45) is 0 Å². The van der Waals surface area contributed by atoms with E-state index in [-0.39, 0.29) is 21.1 Å². The molecule has 0 saturated heterocycles. The Labute approximate surface area is 91.9 Å². The van der Waals surface area contributed by atoms with Gasteiger partial charge in [0.05, 0.1) is 5.56 Å². The summed E-state index contributed by atoms with van der Waals surface area (Å²) in [7, 11) is 0. The molecule has 0 fully saturated rings. The van der Waals surface area contributed by atoms with Gasteiger partial charge in [-0.1, -0.05) is 0 Å². The molecule has 1 aromatic heterocycles. The highest BCUT2D eigenvalue weighted by atomic mass is 127. The molecule has 72 valence electrons. The zero-order valence-electron chi connectivity index (χ0n) is 6.67. The lowest BCUT2D eigenvalue weighted by molar-refractivity contribution is 0.110. The Kier molecular flexibility index (Phi) is 3.46. The number of nitrogens with zero attached hydrogens (tertiary/aromatic N) is 2. The van der Waals surface area contributed by atoms with Gasteiger partial charge in [0.2, 0.25) is 0 Å². The molecule has 3 nitrogen and oxygen atoms in total. The quantitative estimate of drug-likeness (QED) is 0.622. The molecule has 1 aromatic rings. The van der Waals surface area contributed by atoms with Crippen molar-refractivity contribution in [1.82, 2.24) is 4.98 Å². The summed E-state index contributed by atoms with van der Waals surface area (Å²) >= 11 is 1.65. The number of hydrogen-bond donors (Lipinski definition) is 0. The van der Waals surface area contributed by atoms with Crippen LogP contribution in [0.1, 0.15) is 28.0 Å². The average molecular weight is 308 g/mol. The fourth-order valence-corrected chi connectivity index (χ4v) is 1.61. The van der Waals surface area contributed by atoms with Crippen LogP contribution in [-0.4, -0.2) is 11.3 Å². The van der Waals surface area contributed by atoms with Crippen LogP contribution in [0.3, 0.4) is 0 Å². The number of carbonyl (C=O) groups is 1. The lowest BCUT2D eigenvalue weighted by atomic mass is 10.1. The number of carbonyl (C=O) groups excluding carboxylic acids is 1. The second-order valence-electron chi connectivity index (χ2n) is 2.31. The first-order valence-corrected chi connectivity index (χ1v) is 4.51. The maximum atomic E-state index is 12.5. The average Bonchev–Trinajstić information content (AvgIpc) is 2.16. The molecular formula is C8H3F2IN2O. The Balaban J connectivity index is 3.52. The van der Waals surface area contributed by atoms with Crippen LogP contribution in [0.5, 0.6) is 0 Å².